The maximum atomic E-state index is 14.1. The summed E-state index contributed by atoms with van der Waals surface area (Å²) >= 11 is 6.25. The number of ether oxygens (including phenoxy) is 2. The summed E-state index contributed by atoms with van der Waals surface area (Å²) in [7, 11) is 1.49. The maximum Gasteiger partial charge on any atom is 0.253 e. The highest BCUT2D eigenvalue weighted by Gasteiger charge is 2.64. The van der Waals surface area contributed by atoms with Crippen molar-refractivity contribution < 1.29 is 33.8 Å². The van der Waals surface area contributed by atoms with Gasteiger partial charge >= 0.3 is 0 Å². The van der Waals surface area contributed by atoms with Gasteiger partial charge in [-0.15, -0.1) is 0 Å². The molecule has 6 rings (SSSR count). The van der Waals surface area contributed by atoms with Crippen molar-refractivity contribution >= 4 is 41.0 Å². The Morgan fingerprint density at radius 2 is 1.66 bits per heavy atom. The predicted octanol–water partition coefficient (Wildman–Crippen LogP) is 5.76. The number of halogens is 1. The smallest absolute Gasteiger partial charge is 0.253 e. The minimum Gasteiger partial charge on any atom is -0.496 e. The first-order chi connectivity index (χ1) is 32.1. The minimum absolute atomic E-state index is 0.0321. The lowest BCUT2D eigenvalue weighted by Crippen LogP contribution is -2.74. The molecule has 2 aliphatic heterocycles. The number of aliphatic hydroxyl groups is 1. The van der Waals surface area contributed by atoms with Gasteiger partial charge in [-0.05, 0) is 68.1 Å². The summed E-state index contributed by atoms with van der Waals surface area (Å²) in [5.74, 6) is 0.506. The lowest BCUT2D eigenvalue weighted by atomic mass is 9.49. The molecule has 3 heterocycles. The number of hydrogen-bond acceptors (Lipinski definition) is 12. The Morgan fingerprint density at radius 1 is 0.956 bits per heavy atom. The monoisotopic (exact) mass is 951 g/mol. The van der Waals surface area contributed by atoms with E-state index in [9.17, 15) is 34.8 Å². The number of aromatic nitrogens is 1. The number of nitrogens with zero attached hydrogens (tertiary/aromatic N) is 6. The predicted molar refractivity (Wildman–Crippen MR) is 258 cm³/mol. The van der Waals surface area contributed by atoms with Crippen molar-refractivity contribution in [3.05, 3.63) is 82.0 Å². The summed E-state index contributed by atoms with van der Waals surface area (Å²) in [4.78, 5) is 65.2. The first-order valence-electron chi connectivity index (χ1n) is 23.4. The van der Waals surface area contributed by atoms with Gasteiger partial charge in [-0.2, -0.15) is 10.5 Å². The van der Waals surface area contributed by atoms with Crippen molar-refractivity contribution in [2.75, 3.05) is 51.3 Å². The Kier molecular flexibility index (Phi) is 16.0. The van der Waals surface area contributed by atoms with E-state index in [1.807, 2.05) is 26.8 Å². The number of pyridine rings is 1. The van der Waals surface area contributed by atoms with Crippen molar-refractivity contribution in [1.29, 1.82) is 10.5 Å². The van der Waals surface area contributed by atoms with Gasteiger partial charge in [0.2, 0.25) is 17.7 Å². The summed E-state index contributed by atoms with van der Waals surface area (Å²) in [6, 6.07) is 15.3. The van der Waals surface area contributed by atoms with Gasteiger partial charge in [0.05, 0.1) is 47.0 Å². The molecule has 3 aliphatic rings. The Labute approximate surface area is 405 Å². The van der Waals surface area contributed by atoms with E-state index >= 15 is 0 Å². The second-order valence-corrected chi connectivity index (χ2v) is 21.0. The lowest BCUT2D eigenvalue weighted by molar-refractivity contribution is -0.164. The highest BCUT2D eigenvalue weighted by Crippen LogP contribution is 2.55. The molecule has 68 heavy (non-hydrogen) atoms. The molecule has 2 saturated heterocycles. The van der Waals surface area contributed by atoms with Gasteiger partial charge in [0, 0.05) is 80.3 Å². The van der Waals surface area contributed by atoms with Crippen LogP contribution in [0.25, 0.3) is 0 Å². The van der Waals surface area contributed by atoms with Crippen LogP contribution < -0.4 is 30.3 Å². The van der Waals surface area contributed by atoms with Gasteiger partial charge in [0.15, 0.2) is 0 Å². The Balaban J connectivity index is 0.931. The van der Waals surface area contributed by atoms with Gasteiger partial charge in [0.25, 0.3) is 5.91 Å². The number of aliphatic hydroxyl groups excluding tert-OH is 1. The quantitative estimate of drug-likeness (QED) is 0.126. The molecule has 364 valence electrons. The van der Waals surface area contributed by atoms with E-state index in [1.54, 1.807) is 55.6 Å². The molecule has 16 nitrogen and oxygen atoms in total. The van der Waals surface area contributed by atoms with E-state index in [0.29, 0.717) is 45.2 Å². The number of nitriles is 2. The van der Waals surface area contributed by atoms with Crippen LogP contribution in [0.1, 0.15) is 114 Å². The van der Waals surface area contributed by atoms with Gasteiger partial charge < -0.3 is 40.3 Å². The number of benzene rings is 2. The highest BCUT2D eigenvalue weighted by atomic mass is 35.5. The van der Waals surface area contributed by atoms with Crippen LogP contribution in [0.2, 0.25) is 5.02 Å². The highest BCUT2D eigenvalue weighted by molar-refractivity contribution is 6.31. The molecule has 3 aromatic rings. The number of piperazine rings is 1. The topological polar surface area (TPSA) is 213 Å². The van der Waals surface area contributed by atoms with Crippen LogP contribution in [-0.2, 0) is 14.4 Å². The number of β-amino-alcohol motifs (C(OH)–C–C–N with tert-alkyl or cyclic N) is 1. The Morgan fingerprint density at radius 3 is 2.26 bits per heavy atom. The first-order valence-corrected chi connectivity index (χ1v) is 23.7. The molecule has 4 amide bonds. The SMILES string of the molecule is COc1cc(C#N)ccc1[C@H](C)NC(=O)[C@@H]1C[C@@H](O)CN1C(=O)[C@@H](NC(=O)CCCCN1CCN(c2ccc(C(=O)NC3C(C)(C)C(Oc4ccc(C#N)c(Cl)c4)C3(C)C)cn2)CC1)C(C)(C)C. The molecule has 17 heteroatoms. The molecule has 4 atom stereocenters. The average Bonchev–Trinajstić information content (AvgIpc) is 3.71. The van der Waals surface area contributed by atoms with E-state index in [4.69, 9.17) is 21.1 Å². The fraction of sp³-hybridized carbons (Fsp3) is 0.549. The molecule has 1 aliphatic carbocycles. The third-order valence-corrected chi connectivity index (χ3v) is 14.0. The van der Waals surface area contributed by atoms with Gasteiger partial charge in [-0.3, -0.25) is 24.1 Å². The van der Waals surface area contributed by atoms with E-state index in [-0.39, 0.29) is 43.3 Å². The summed E-state index contributed by atoms with van der Waals surface area (Å²) in [5, 5.41) is 38.6. The fourth-order valence-electron chi connectivity index (χ4n) is 10.2. The Bertz CT molecular complexity index is 2400. The van der Waals surface area contributed by atoms with Crippen LogP contribution >= 0.6 is 11.6 Å². The summed E-state index contributed by atoms with van der Waals surface area (Å²) in [6.07, 6.45) is 2.21. The number of methoxy groups -OCH3 is 1. The number of carbonyl (C=O) groups is 4. The van der Waals surface area contributed by atoms with E-state index in [2.05, 4.69) is 70.6 Å². The van der Waals surface area contributed by atoms with E-state index in [1.165, 1.54) is 12.0 Å². The lowest BCUT2D eigenvalue weighted by Gasteiger charge is -2.63. The van der Waals surface area contributed by atoms with Crippen molar-refractivity contribution in [3.8, 4) is 23.6 Å². The number of unbranched alkanes of at least 4 members (excludes halogenated alkanes) is 1. The van der Waals surface area contributed by atoms with E-state index in [0.717, 1.165) is 45.0 Å². The summed E-state index contributed by atoms with van der Waals surface area (Å²) < 4.78 is 11.8. The summed E-state index contributed by atoms with van der Waals surface area (Å²) in [6.45, 7) is 19.6. The zero-order chi connectivity index (χ0) is 49.7. The van der Waals surface area contributed by atoms with Crippen LogP contribution in [0.5, 0.6) is 11.5 Å². The second-order valence-electron chi connectivity index (χ2n) is 20.6. The van der Waals surface area contributed by atoms with E-state index < -0.39 is 52.3 Å². The van der Waals surface area contributed by atoms with Crippen LogP contribution in [0.4, 0.5) is 5.82 Å². The standard InChI is InChI=1S/C51H66ClN9O7/c1-31(37-17-13-32(27-53)24-40(37)67-9)56-45(65)39-25-35(62)30-61(39)46(66)43(49(2,3)4)57-42(63)12-10-11-19-59-20-22-60(23-21-59)41-18-15-34(29-55-41)44(64)58-47-50(5,6)48(51(47,7)8)68-36-16-14-33(28-54)38(52)26-36/h13-18,24,26,29,31,35,39,43,47-48,62H,10-12,19-23,25,30H2,1-9H3,(H,56,65)(H,57,63)(H,58,64)/t31-,35+,39-,43+,47?,48?/m0/s1. The molecular weight excluding hydrogens is 886 g/mol. The second kappa shape index (κ2) is 21.1. The fourth-order valence-corrected chi connectivity index (χ4v) is 10.4. The van der Waals surface area contributed by atoms with Crippen molar-refractivity contribution in [2.45, 2.75) is 117 Å². The van der Waals surface area contributed by atoms with Crippen molar-refractivity contribution in [1.82, 2.24) is 30.7 Å². The van der Waals surface area contributed by atoms with Crippen LogP contribution in [-0.4, -0.2) is 120 Å². The number of nitrogens with one attached hydrogen (secondary N) is 3. The molecule has 0 spiro atoms. The molecule has 0 unspecified atom stereocenters. The average molecular weight is 953 g/mol. The zero-order valence-corrected chi connectivity index (χ0v) is 41.4. The molecule has 2 aromatic carbocycles. The first kappa shape index (κ1) is 51.5. The van der Waals surface area contributed by atoms with Gasteiger partial charge in [-0.1, -0.05) is 66.1 Å². The number of likely N-dealkylation sites (tertiary alicyclic amines) is 1. The third kappa shape index (κ3) is 11.5. The van der Waals surface area contributed by atoms with Gasteiger partial charge in [-0.25, -0.2) is 4.98 Å². The minimum atomic E-state index is -0.939. The number of amides is 4. The number of carbonyl (C=O) groups excluding carboxylic acids is 4. The van der Waals surface area contributed by atoms with Crippen LogP contribution in [0, 0.1) is 38.9 Å². The molecule has 0 radical (unpaired) electrons. The van der Waals surface area contributed by atoms with Crippen molar-refractivity contribution in [2.24, 2.45) is 16.2 Å². The molecule has 1 aromatic heterocycles. The number of anilines is 1. The number of hydrogen-bond donors (Lipinski definition) is 4. The number of rotatable bonds is 16. The molecular formula is C51H66ClN9O7. The normalized spacial score (nSPS) is 21.8. The Hall–Kier alpha value is -5.94. The molecule has 4 N–H and O–H groups in total. The summed E-state index contributed by atoms with van der Waals surface area (Å²) in [5.41, 5.74) is 0.466. The van der Waals surface area contributed by atoms with Gasteiger partial charge in [0.1, 0.15) is 41.6 Å². The molecule has 3 fully saturated rings. The third-order valence-electron chi connectivity index (χ3n) is 13.7. The molecule has 1 saturated carbocycles. The van der Waals surface area contributed by atoms with Crippen molar-refractivity contribution in [3.63, 3.8) is 0 Å². The van der Waals surface area contributed by atoms with Crippen LogP contribution in [0.15, 0.2) is 54.7 Å². The largest absolute Gasteiger partial charge is 0.496 e. The maximum absolute atomic E-state index is 14.1. The van der Waals surface area contributed by atoms with Crippen LogP contribution in [0.3, 0.4) is 0 Å². The molecule has 0 bridgehead atoms. The zero-order valence-electron chi connectivity index (χ0n) is 40.7.